The number of carbonyl (C=O) groups excluding carboxylic acids is 1. The van der Waals surface area contributed by atoms with Crippen LogP contribution in [0.25, 0.3) is 0 Å². The fourth-order valence-corrected chi connectivity index (χ4v) is 3.81. The number of hydrogen-bond donors (Lipinski definition) is 3. The summed E-state index contributed by atoms with van der Waals surface area (Å²) in [5, 5.41) is 16.4. The van der Waals surface area contributed by atoms with Crippen LogP contribution in [0.3, 0.4) is 0 Å². The molecule has 0 saturated carbocycles. The van der Waals surface area contributed by atoms with E-state index in [1.807, 2.05) is 65.4 Å². The summed E-state index contributed by atoms with van der Waals surface area (Å²) in [7, 11) is 0. The van der Waals surface area contributed by atoms with Crippen molar-refractivity contribution in [2.45, 2.75) is 25.5 Å². The lowest BCUT2D eigenvalue weighted by Crippen LogP contribution is -2.23. The molecule has 1 heterocycles. The molecule has 0 aliphatic heterocycles. The second kappa shape index (κ2) is 15.1. The number of hydrogen-bond acceptors (Lipinski definition) is 4. The Morgan fingerprint density at radius 2 is 1.62 bits per heavy atom. The van der Waals surface area contributed by atoms with Gasteiger partial charge in [0.05, 0.1) is 12.5 Å². The zero-order chi connectivity index (χ0) is 24.5. The molecule has 4 aromatic rings. The fourth-order valence-electron chi connectivity index (χ4n) is 3.81. The van der Waals surface area contributed by atoms with Crippen LogP contribution in [0, 0.1) is 5.82 Å². The zero-order valence-electron chi connectivity index (χ0n) is 20.2. The van der Waals surface area contributed by atoms with Crippen molar-refractivity contribution in [2.24, 2.45) is 0 Å². The van der Waals surface area contributed by atoms with Crippen LogP contribution in [-0.2, 0) is 24.2 Å². The topological polar surface area (TPSA) is 79.2 Å². The van der Waals surface area contributed by atoms with Crippen LogP contribution in [-0.4, -0.2) is 33.7 Å². The van der Waals surface area contributed by atoms with Crippen LogP contribution < -0.4 is 10.6 Å². The average molecular weight is 545 g/mol. The van der Waals surface area contributed by atoms with Crippen molar-refractivity contribution < 1.29 is 14.3 Å². The standard InChI is InChI=1S/C28H29FN4O2.2ClH/c29-24-10-6-22(7-11-24)20-33-17-16-31-27(33)18-28(35)32-25-12-8-21(9-13-25)14-15-30-19-26(34)23-4-2-1-3-5-23;;/h1-13,16-17,26,30,34H,14-15,18-20H2,(H,32,35);2*1H. The maximum absolute atomic E-state index is 13.1. The summed E-state index contributed by atoms with van der Waals surface area (Å²) < 4.78 is 15.0. The predicted molar refractivity (Wildman–Crippen MR) is 149 cm³/mol. The minimum absolute atomic E-state index is 0. The van der Waals surface area contributed by atoms with Crippen LogP contribution in [0.2, 0.25) is 0 Å². The third kappa shape index (κ3) is 9.30. The zero-order valence-corrected chi connectivity index (χ0v) is 21.9. The number of aliphatic hydroxyl groups is 1. The molecule has 0 radical (unpaired) electrons. The van der Waals surface area contributed by atoms with E-state index in [1.165, 1.54) is 12.1 Å². The lowest BCUT2D eigenvalue weighted by molar-refractivity contribution is -0.115. The molecule has 1 amide bonds. The van der Waals surface area contributed by atoms with Crippen LogP contribution in [0.4, 0.5) is 10.1 Å². The summed E-state index contributed by atoms with van der Waals surface area (Å²) in [6.07, 6.45) is 3.90. The van der Waals surface area contributed by atoms with Gasteiger partial charge in [-0.15, -0.1) is 24.8 Å². The molecule has 0 spiro atoms. The Morgan fingerprint density at radius 3 is 2.32 bits per heavy atom. The Kier molecular flexibility index (Phi) is 12.3. The number of aliphatic hydroxyl groups excluding tert-OH is 1. The van der Waals surface area contributed by atoms with Crippen molar-refractivity contribution in [1.29, 1.82) is 0 Å². The van der Waals surface area contributed by atoms with Crippen LogP contribution in [0.1, 0.15) is 28.6 Å². The van der Waals surface area contributed by atoms with E-state index in [0.717, 1.165) is 35.3 Å². The average Bonchev–Trinajstić information content (AvgIpc) is 3.30. The van der Waals surface area contributed by atoms with Crippen molar-refractivity contribution in [3.63, 3.8) is 0 Å². The fraction of sp³-hybridized carbons (Fsp3) is 0.214. The first-order valence-electron chi connectivity index (χ1n) is 11.6. The normalized spacial score (nSPS) is 11.2. The van der Waals surface area contributed by atoms with Crippen molar-refractivity contribution in [3.8, 4) is 0 Å². The molecule has 4 rings (SSSR count). The smallest absolute Gasteiger partial charge is 0.231 e. The van der Waals surface area contributed by atoms with Gasteiger partial charge in [-0.25, -0.2) is 9.37 Å². The first-order valence-corrected chi connectivity index (χ1v) is 11.6. The van der Waals surface area contributed by atoms with Crippen molar-refractivity contribution in [2.75, 3.05) is 18.4 Å². The Balaban J connectivity index is 0.00000241. The van der Waals surface area contributed by atoms with E-state index >= 15 is 0 Å². The van der Waals surface area contributed by atoms with E-state index < -0.39 is 6.10 Å². The van der Waals surface area contributed by atoms with Crippen LogP contribution >= 0.6 is 24.8 Å². The van der Waals surface area contributed by atoms with E-state index in [2.05, 4.69) is 15.6 Å². The lowest BCUT2D eigenvalue weighted by Gasteiger charge is -2.12. The molecule has 0 bridgehead atoms. The molecule has 9 heteroatoms. The monoisotopic (exact) mass is 544 g/mol. The lowest BCUT2D eigenvalue weighted by atomic mass is 10.1. The van der Waals surface area contributed by atoms with Gasteiger partial charge in [-0.1, -0.05) is 54.6 Å². The number of nitrogens with zero attached hydrogens (tertiary/aromatic N) is 2. The quantitative estimate of drug-likeness (QED) is 0.233. The maximum atomic E-state index is 13.1. The summed E-state index contributed by atoms with van der Waals surface area (Å²) in [4.78, 5) is 16.9. The number of anilines is 1. The third-order valence-corrected chi connectivity index (χ3v) is 5.74. The van der Waals surface area contributed by atoms with Gasteiger partial charge in [-0.2, -0.15) is 0 Å². The summed E-state index contributed by atoms with van der Waals surface area (Å²) in [5.74, 6) is 0.219. The number of benzene rings is 3. The van der Waals surface area contributed by atoms with Crippen molar-refractivity contribution in [1.82, 2.24) is 14.9 Å². The molecule has 3 aromatic carbocycles. The first kappa shape index (κ1) is 30.0. The summed E-state index contributed by atoms with van der Waals surface area (Å²) in [6, 6.07) is 23.6. The Bertz CT molecular complexity index is 1220. The van der Waals surface area contributed by atoms with E-state index in [9.17, 15) is 14.3 Å². The SMILES string of the molecule is Cl.Cl.O=C(Cc1nccn1Cc1ccc(F)cc1)Nc1ccc(CCNCC(O)c2ccccc2)cc1. The van der Waals surface area contributed by atoms with Gasteiger partial charge in [0, 0.05) is 31.2 Å². The highest BCUT2D eigenvalue weighted by Gasteiger charge is 2.11. The van der Waals surface area contributed by atoms with Gasteiger partial charge in [-0.3, -0.25) is 4.79 Å². The molecule has 196 valence electrons. The first-order chi connectivity index (χ1) is 17.1. The number of nitrogens with one attached hydrogen (secondary N) is 2. The number of imidazole rings is 1. The van der Waals surface area contributed by atoms with Crippen molar-refractivity contribution in [3.05, 3.63) is 120 Å². The molecule has 3 N–H and O–H groups in total. The van der Waals surface area contributed by atoms with E-state index in [1.54, 1.807) is 18.3 Å². The Hall–Kier alpha value is -3.23. The van der Waals surface area contributed by atoms with Gasteiger partial charge in [0.2, 0.25) is 5.91 Å². The molecule has 0 fully saturated rings. The molecular weight excluding hydrogens is 514 g/mol. The largest absolute Gasteiger partial charge is 0.387 e. The minimum Gasteiger partial charge on any atom is -0.387 e. The Morgan fingerprint density at radius 1 is 0.946 bits per heavy atom. The van der Waals surface area contributed by atoms with Gasteiger partial charge >= 0.3 is 0 Å². The molecule has 1 unspecified atom stereocenters. The summed E-state index contributed by atoms with van der Waals surface area (Å²) >= 11 is 0. The molecule has 0 saturated heterocycles. The van der Waals surface area contributed by atoms with Gasteiger partial charge in [-0.05, 0) is 53.9 Å². The van der Waals surface area contributed by atoms with Crippen LogP contribution in [0.15, 0.2) is 91.3 Å². The number of carbonyl (C=O) groups is 1. The highest BCUT2D eigenvalue weighted by molar-refractivity contribution is 5.91. The molecule has 37 heavy (non-hydrogen) atoms. The molecular formula is C28H31Cl2FN4O2. The van der Waals surface area contributed by atoms with E-state index in [0.29, 0.717) is 18.9 Å². The summed E-state index contributed by atoms with van der Waals surface area (Å²) in [6.45, 7) is 1.76. The van der Waals surface area contributed by atoms with E-state index in [4.69, 9.17) is 0 Å². The van der Waals surface area contributed by atoms with E-state index in [-0.39, 0.29) is 43.0 Å². The van der Waals surface area contributed by atoms with Gasteiger partial charge in [0.1, 0.15) is 11.6 Å². The highest BCUT2D eigenvalue weighted by atomic mass is 35.5. The van der Waals surface area contributed by atoms with Gasteiger partial charge in [0.15, 0.2) is 0 Å². The highest BCUT2D eigenvalue weighted by Crippen LogP contribution is 2.13. The van der Waals surface area contributed by atoms with Crippen LogP contribution in [0.5, 0.6) is 0 Å². The summed E-state index contributed by atoms with van der Waals surface area (Å²) in [5.41, 5.74) is 3.70. The molecule has 1 atom stereocenters. The third-order valence-electron chi connectivity index (χ3n) is 5.74. The van der Waals surface area contributed by atoms with Crippen molar-refractivity contribution >= 4 is 36.4 Å². The molecule has 1 aromatic heterocycles. The Labute approximate surface area is 228 Å². The second-order valence-electron chi connectivity index (χ2n) is 8.40. The molecule has 0 aliphatic carbocycles. The molecule has 0 aliphatic rings. The van der Waals surface area contributed by atoms with Gasteiger partial charge in [0.25, 0.3) is 0 Å². The predicted octanol–water partition coefficient (Wildman–Crippen LogP) is 4.96. The number of amides is 1. The van der Waals surface area contributed by atoms with Gasteiger partial charge < -0.3 is 20.3 Å². The molecule has 6 nitrogen and oxygen atoms in total. The number of aromatic nitrogens is 2. The maximum Gasteiger partial charge on any atom is 0.231 e. The number of rotatable bonds is 11. The number of halogens is 3. The minimum atomic E-state index is -0.528. The second-order valence-corrected chi connectivity index (χ2v) is 8.40.